The normalized spacial score (nSPS) is 15.0. The summed E-state index contributed by atoms with van der Waals surface area (Å²) >= 11 is 5.86. The molecule has 6 nitrogen and oxygen atoms in total. The summed E-state index contributed by atoms with van der Waals surface area (Å²) in [6, 6.07) is 13.3. The second-order valence-corrected chi connectivity index (χ2v) is 9.77. The van der Waals surface area contributed by atoms with Crippen LogP contribution in [0.2, 0.25) is 5.02 Å². The van der Waals surface area contributed by atoms with Gasteiger partial charge in [0.05, 0.1) is 11.5 Å². The first-order chi connectivity index (χ1) is 14.4. The standard InChI is InChI=1S/C22H26ClNO5S/c23-19-3-1-18(2-4-19)15-29-20-5-7-21(8-6-20)30(26,27)16-22(25)28-14-11-17-9-12-24-13-10-17/h1-8,17,24H,9-16H2. The highest BCUT2D eigenvalue weighted by atomic mass is 35.5. The molecule has 1 fully saturated rings. The summed E-state index contributed by atoms with van der Waals surface area (Å²) in [5.41, 5.74) is 0.948. The van der Waals surface area contributed by atoms with Crippen molar-refractivity contribution in [3.05, 3.63) is 59.1 Å². The lowest BCUT2D eigenvalue weighted by molar-refractivity contribution is -0.140. The van der Waals surface area contributed by atoms with Crippen LogP contribution in [0.1, 0.15) is 24.8 Å². The van der Waals surface area contributed by atoms with E-state index in [9.17, 15) is 13.2 Å². The first kappa shape index (κ1) is 22.6. The van der Waals surface area contributed by atoms with Gasteiger partial charge in [-0.15, -0.1) is 0 Å². The van der Waals surface area contributed by atoms with E-state index in [4.69, 9.17) is 21.1 Å². The number of halogens is 1. The molecule has 0 amide bonds. The minimum Gasteiger partial charge on any atom is -0.489 e. The highest BCUT2D eigenvalue weighted by Crippen LogP contribution is 2.20. The third-order valence-corrected chi connectivity index (χ3v) is 6.92. The van der Waals surface area contributed by atoms with Crippen LogP contribution in [0, 0.1) is 5.92 Å². The zero-order chi connectivity index (χ0) is 21.4. The molecule has 8 heteroatoms. The number of carbonyl (C=O) groups excluding carboxylic acids is 1. The van der Waals surface area contributed by atoms with Crippen molar-refractivity contribution in [2.24, 2.45) is 5.92 Å². The van der Waals surface area contributed by atoms with E-state index in [1.165, 1.54) is 12.1 Å². The molecule has 1 N–H and O–H groups in total. The van der Waals surface area contributed by atoms with Crippen LogP contribution in [-0.4, -0.2) is 39.8 Å². The summed E-state index contributed by atoms with van der Waals surface area (Å²) in [6.45, 7) is 2.56. The first-order valence-electron chi connectivity index (χ1n) is 9.99. The molecular formula is C22H26ClNO5S. The van der Waals surface area contributed by atoms with Crippen LogP contribution in [0.5, 0.6) is 5.75 Å². The third-order valence-electron chi connectivity index (χ3n) is 5.06. The van der Waals surface area contributed by atoms with Crippen LogP contribution < -0.4 is 10.1 Å². The quantitative estimate of drug-likeness (QED) is 0.586. The fourth-order valence-electron chi connectivity index (χ4n) is 3.28. The van der Waals surface area contributed by atoms with Gasteiger partial charge in [0.2, 0.25) is 0 Å². The zero-order valence-corrected chi connectivity index (χ0v) is 18.3. The minimum absolute atomic E-state index is 0.0663. The van der Waals surface area contributed by atoms with Crippen molar-refractivity contribution in [3.63, 3.8) is 0 Å². The summed E-state index contributed by atoms with van der Waals surface area (Å²) in [7, 11) is -3.76. The monoisotopic (exact) mass is 451 g/mol. The largest absolute Gasteiger partial charge is 0.489 e. The molecule has 3 rings (SSSR count). The van der Waals surface area contributed by atoms with Crippen LogP contribution in [-0.2, 0) is 26.0 Å². The average molecular weight is 452 g/mol. The lowest BCUT2D eigenvalue weighted by atomic mass is 9.95. The van der Waals surface area contributed by atoms with Gasteiger partial charge in [-0.2, -0.15) is 0 Å². The fraction of sp³-hybridized carbons (Fsp3) is 0.409. The van der Waals surface area contributed by atoms with Crippen molar-refractivity contribution in [3.8, 4) is 5.75 Å². The number of hydrogen-bond acceptors (Lipinski definition) is 6. The Bertz CT molecular complexity index is 923. The van der Waals surface area contributed by atoms with Crippen LogP contribution in [0.4, 0.5) is 0 Å². The maximum atomic E-state index is 12.5. The molecule has 1 aliphatic heterocycles. The molecule has 162 valence electrons. The topological polar surface area (TPSA) is 81.7 Å². The maximum absolute atomic E-state index is 12.5. The third kappa shape index (κ3) is 7.00. The number of sulfone groups is 1. The number of rotatable bonds is 9. The second kappa shape index (κ2) is 10.8. The molecule has 0 spiro atoms. The van der Waals surface area contributed by atoms with Gasteiger partial charge < -0.3 is 14.8 Å². The van der Waals surface area contributed by atoms with Gasteiger partial charge in [-0.25, -0.2) is 8.42 Å². The maximum Gasteiger partial charge on any atom is 0.321 e. The molecule has 0 aromatic heterocycles. The number of piperidine rings is 1. The number of benzene rings is 2. The Morgan fingerprint density at radius 2 is 1.70 bits per heavy atom. The van der Waals surface area contributed by atoms with E-state index < -0.39 is 21.6 Å². The summed E-state index contributed by atoms with van der Waals surface area (Å²) in [4.78, 5) is 12.0. The molecule has 0 unspecified atom stereocenters. The van der Waals surface area contributed by atoms with Crippen LogP contribution >= 0.6 is 11.6 Å². The summed E-state index contributed by atoms with van der Waals surface area (Å²) in [5.74, 6) is -0.318. The predicted molar refractivity (Wildman–Crippen MR) is 115 cm³/mol. The molecule has 1 heterocycles. The molecule has 0 atom stereocenters. The molecule has 2 aromatic rings. The van der Waals surface area contributed by atoms with Crippen LogP contribution in [0.25, 0.3) is 0 Å². The Kier molecular flexibility index (Phi) is 8.13. The van der Waals surface area contributed by atoms with E-state index >= 15 is 0 Å². The molecule has 0 radical (unpaired) electrons. The molecule has 2 aromatic carbocycles. The minimum atomic E-state index is -3.76. The molecule has 0 saturated carbocycles. The van der Waals surface area contributed by atoms with Crippen LogP contribution in [0.3, 0.4) is 0 Å². The number of hydrogen-bond donors (Lipinski definition) is 1. The number of ether oxygens (including phenoxy) is 2. The SMILES string of the molecule is O=C(CS(=O)(=O)c1ccc(OCc2ccc(Cl)cc2)cc1)OCCC1CCNCC1. The summed E-state index contributed by atoms with van der Waals surface area (Å²) in [5, 5.41) is 3.94. The number of carbonyl (C=O) groups is 1. The molecule has 1 aliphatic rings. The van der Waals surface area contributed by atoms with Crippen molar-refractivity contribution >= 4 is 27.4 Å². The summed E-state index contributed by atoms with van der Waals surface area (Å²) < 4.78 is 35.7. The lowest BCUT2D eigenvalue weighted by Gasteiger charge is -2.22. The highest BCUT2D eigenvalue weighted by Gasteiger charge is 2.21. The van der Waals surface area contributed by atoms with Crippen LogP contribution in [0.15, 0.2) is 53.4 Å². The van der Waals surface area contributed by atoms with Crippen molar-refractivity contribution < 1.29 is 22.7 Å². The highest BCUT2D eigenvalue weighted by molar-refractivity contribution is 7.92. The van der Waals surface area contributed by atoms with Gasteiger partial charge in [0.1, 0.15) is 12.4 Å². The lowest BCUT2D eigenvalue weighted by Crippen LogP contribution is -2.28. The second-order valence-electron chi connectivity index (χ2n) is 7.35. The number of esters is 1. The van der Waals surface area contributed by atoms with Gasteiger partial charge in [0.15, 0.2) is 15.6 Å². The van der Waals surface area contributed by atoms with Gasteiger partial charge in [0.25, 0.3) is 0 Å². The van der Waals surface area contributed by atoms with Crippen molar-refractivity contribution in [1.29, 1.82) is 0 Å². The smallest absolute Gasteiger partial charge is 0.321 e. The molecule has 0 bridgehead atoms. The van der Waals surface area contributed by atoms with E-state index in [1.54, 1.807) is 24.3 Å². The Balaban J connectivity index is 1.46. The average Bonchev–Trinajstić information content (AvgIpc) is 2.74. The predicted octanol–water partition coefficient (Wildman–Crippen LogP) is 3.63. The molecule has 0 aliphatic carbocycles. The van der Waals surface area contributed by atoms with Crippen molar-refractivity contribution in [1.82, 2.24) is 5.32 Å². The molecule has 30 heavy (non-hydrogen) atoms. The summed E-state index contributed by atoms with van der Waals surface area (Å²) in [6.07, 6.45) is 2.89. The van der Waals surface area contributed by atoms with Gasteiger partial charge in [0, 0.05) is 5.02 Å². The Morgan fingerprint density at radius 3 is 2.37 bits per heavy atom. The molecule has 1 saturated heterocycles. The van der Waals surface area contributed by atoms with Gasteiger partial charge in [-0.05, 0) is 80.2 Å². The Morgan fingerprint density at radius 1 is 1.03 bits per heavy atom. The Hall–Kier alpha value is -2.09. The van der Waals surface area contributed by atoms with Crippen molar-refractivity contribution in [2.45, 2.75) is 30.8 Å². The van der Waals surface area contributed by atoms with E-state index in [1.807, 2.05) is 12.1 Å². The van der Waals surface area contributed by atoms with E-state index in [0.29, 0.717) is 23.3 Å². The van der Waals surface area contributed by atoms with E-state index in [-0.39, 0.29) is 11.5 Å². The fourth-order valence-corrected chi connectivity index (χ4v) is 4.52. The Labute approximate surface area is 182 Å². The first-order valence-corrected chi connectivity index (χ1v) is 12.0. The van der Waals surface area contributed by atoms with E-state index in [0.717, 1.165) is 37.9 Å². The van der Waals surface area contributed by atoms with Gasteiger partial charge >= 0.3 is 5.97 Å². The molecular weight excluding hydrogens is 426 g/mol. The van der Waals surface area contributed by atoms with Crippen molar-refractivity contribution in [2.75, 3.05) is 25.4 Å². The zero-order valence-electron chi connectivity index (χ0n) is 16.7. The number of nitrogens with one attached hydrogen (secondary N) is 1. The van der Waals surface area contributed by atoms with E-state index in [2.05, 4.69) is 5.32 Å². The van der Waals surface area contributed by atoms with Gasteiger partial charge in [-0.3, -0.25) is 4.79 Å². The van der Waals surface area contributed by atoms with Gasteiger partial charge in [-0.1, -0.05) is 23.7 Å².